The van der Waals surface area contributed by atoms with E-state index in [2.05, 4.69) is 57.1 Å². The first-order valence-corrected chi connectivity index (χ1v) is 7.10. The second-order valence-corrected chi connectivity index (χ2v) is 5.47. The summed E-state index contributed by atoms with van der Waals surface area (Å²) in [7, 11) is 4.41. The number of fused-ring (bicyclic) bond motifs is 1. The molecule has 0 fully saturated rings. The first-order chi connectivity index (χ1) is 8.67. The lowest BCUT2D eigenvalue weighted by Gasteiger charge is -2.31. The van der Waals surface area contributed by atoms with Gasteiger partial charge in [-0.2, -0.15) is 0 Å². The van der Waals surface area contributed by atoms with Crippen molar-refractivity contribution in [2.75, 3.05) is 14.1 Å². The summed E-state index contributed by atoms with van der Waals surface area (Å²) in [6.07, 6.45) is 7.12. The average molecular weight is 243 g/mol. The highest BCUT2D eigenvalue weighted by molar-refractivity contribution is 5.69. The molecular weight excluding hydrogens is 218 g/mol. The molecule has 1 aromatic carbocycles. The zero-order valence-corrected chi connectivity index (χ0v) is 12.2. The predicted octanol–water partition coefficient (Wildman–Crippen LogP) is 3.92. The maximum Gasteiger partial charge on any atom is 0.0133 e. The van der Waals surface area contributed by atoms with Gasteiger partial charge in [0.05, 0.1) is 0 Å². The van der Waals surface area contributed by atoms with Gasteiger partial charge in [-0.15, -0.1) is 0 Å². The van der Waals surface area contributed by atoms with Gasteiger partial charge >= 0.3 is 0 Å². The van der Waals surface area contributed by atoms with Crippen molar-refractivity contribution >= 4 is 5.57 Å². The number of likely N-dealkylation sites (N-methyl/N-ethyl adjacent to an activating group) is 1. The molecule has 2 rings (SSSR count). The monoisotopic (exact) mass is 243 g/mol. The molecule has 1 atom stereocenters. The van der Waals surface area contributed by atoms with Gasteiger partial charge in [-0.1, -0.05) is 31.2 Å². The van der Waals surface area contributed by atoms with Crippen LogP contribution in [0.25, 0.3) is 5.57 Å². The van der Waals surface area contributed by atoms with Crippen LogP contribution in [0.2, 0.25) is 0 Å². The third kappa shape index (κ3) is 2.51. The Morgan fingerprint density at radius 1 is 1.39 bits per heavy atom. The van der Waals surface area contributed by atoms with Gasteiger partial charge in [0.15, 0.2) is 0 Å². The van der Waals surface area contributed by atoms with E-state index in [4.69, 9.17) is 0 Å². The first kappa shape index (κ1) is 13.4. The van der Waals surface area contributed by atoms with Gasteiger partial charge in [0.1, 0.15) is 0 Å². The normalized spacial score (nSPS) is 20.1. The quantitative estimate of drug-likeness (QED) is 0.778. The van der Waals surface area contributed by atoms with E-state index in [1.54, 1.807) is 11.1 Å². The van der Waals surface area contributed by atoms with Crippen molar-refractivity contribution in [2.45, 2.75) is 45.6 Å². The zero-order chi connectivity index (χ0) is 13.1. The van der Waals surface area contributed by atoms with Crippen LogP contribution in [0.4, 0.5) is 0 Å². The molecule has 1 aliphatic rings. The van der Waals surface area contributed by atoms with E-state index in [9.17, 15) is 0 Å². The van der Waals surface area contributed by atoms with Crippen LogP contribution in [0.3, 0.4) is 0 Å². The molecule has 0 radical (unpaired) electrons. The Labute approximate surface area is 112 Å². The molecule has 0 N–H and O–H groups in total. The van der Waals surface area contributed by atoms with Gasteiger partial charge in [0, 0.05) is 6.04 Å². The molecular formula is C17H25N. The first-order valence-electron chi connectivity index (χ1n) is 7.10. The summed E-state index contributed by atoms with van der Waals surface area (Å²) >= 11 is 0. The standard InChI is InChI=1S/C17H25N/c1-5-13(6-2)16-9-7-8-14-10-11-15(18(3)4)12-17(14)16/h5,7-9,15H,6,10-12H2,1-4H3/t15-/m1/s1. The number of aryl methyl sites for hydroxylation is 1. The van der Waals surface area contributed by atoms with Crippen LogP contribution < -0.4 is 0 Å². The molecule has 0 aromatic heterocycles. The van der Waals surface area contributed by atoms with Crippen LogP contribution >= 0.6 is 0 Å². The Kier molecular flexibility index (Phi) is 4.23. The number of benzene rings is 1. The lowest BCUT2D eigenvalue weighted by molar-refractivity contribution is 0.268. The molecule has 0 saturated heterocycles. The predicted molar refractivity (Wildman–Crippen MR) is 79.9 cm³/mol. The fraction of sp³-hybridized carbons (Fsp3) is 0.529. The summed E-state index contributed by atoms with van der Waals surface area (Å²) < 4.78 is 0. The summed E-state index contributed by atoms with van der Waals surface area (Å²) in [5.74, 6) is 0. The van der Waals surface area contributed by atoms with Gasteiger partial charge in [-0.25, -0.2) is 0 Å². The smallest absolute Gasteiger partial charge is 0.0133 e. The summed E-state index contributed by atoms with van der Waals surface area (Å²) in [5, 5.41) is 0. The Balaban J connectivity index is 2.40. The lowest BCUT2D eigenvalue weighted by atomic mass is 9.82. The average Bonchev–Trinajstić information content (AvgIpc) is 2.39. The number of hydrogen-bond acceptors (Lipinski definition) is 1. The van der Waals surface area contributed by atoms with Crippen molar-refractivity contribution in [3.63, 3.8) is 0 Å². The van der Waals surface area contributed by atoms with Gasteiger partial charge in [0.25, 0.3) is 0 Å². The van der Waals surface area contributed by atoms with Crippen molar-refractivity contribution in [3.8, 4) is 0 Å². The lowest BCUT2D eigenvalue weighted by Crippen LogP contribution is -2.33. The molecule has 0 amide bonds. The highest BCUT2D eigenvalue weighted by Gasteiger charge is 2.22. The number of allylic oxidation sites excluding steroid dienone is 2. The molecule has 0 bridgehead atoms. The summed E-state index contributed by atoms with van der Waals surface area (Å²) in [4.78, 5) is 2.38. The van der Waals surface area contributed by atoms with Crippen molar-refractivity contribution in [1.82, 2.24) is 4.90 Å². The molecule has 1 heteroatoms. The molecule has 0 aliphatic heterocycles. The molecule has 0 spiro atoms. The molecule has 0 unspecified atom stereocenters. The van der Waals surface area contributed by atoms with Crippen molar-refractivity contribution < 1.29 is 0 Å². The molecule has 1 aliphatic carbocycles. The number of nitrogens with zero attached hydrogens (tertiary/aromatic N) is 1. The molecule has 0 heterocycles. The van der Waals surface area contributed by atoms with Crippen LogP contribution in [-0.4, -0.2) is 25.0 Å². The SMILES string of the molecule is CC=C(CC)c1cccc2c1C[C@H](N(C)C)CC2. The van der Waals surface area contributed by atoms with Crippen LogP contribution in [0.1, 0.15) is 43.4 Å². The number of rotatable bonds is 3. The second kappa shape index (κ2) is 5.71. The maximum atomic E-state index is 2.38. The van der Waals surface area contributed by atoms with Gasteiger partial charge in [0.2, 0.25) is 0 Å². The van der Waals surface area contributed by atoms with Crippen LogP contribution in [0, 0.1) is 0 Å². The summed E-state index contributed by atoms with van der Waals surface area (Å²) in [6.45, 7) is 4.41. The van der Waals surface area contributed by atoms with E-state index < -0.39 is 0 Å². The highest BCUT2D eigenvalue weighted by atomic mass is 15.1. The summed E-state index contributed by atoms with van der Waals surface area (Å²) in [6, 6.07) is 7.54. The van der Waals surface area contributed by atoms with E-state index in [1.165, 1.54) is 30.4 Å². The Morgan fingerprint density at radius 3 is 2.78 bits per heavy atom. The minimum absolute atomic E-state index is 0.702. The number of hydrogen-bond donors (Lipinski definition) is 0. The van der Waals surface area contributed by atoms with Crippen LogP contribution in [0.5, 0.6) is 0 Å². The van der Waals surface area contributed by atoms with Crippen LogP contribution in [0.15, 0.2) is 24.3 Å². The van der Waals surface area contributed by atoms with Gasteiger partial charge < -0.3 is 4.90 Å². The fourth-order valence-corrected chi connectivity index (χ4v) is 3.06. The fourth-order valence-electron chi connectivity index (χ4n) is 3.06. The molecule has 0 saturated carbocycles. The molecule has 1 nitrogen and oxygen atoms in total. The Bertz CT molecular complexity index is 443. The third-order valence-corrected chi connectivity index (χ3v) is 4.27. The second-order valence-electron chi connectivity index (χ2n) is 5.47. The molecule has 1 aromatic rings. The Hall–Kier alpha value is -1.08. The largest absolute Gasteiger partial charge is 0.306 e. The van der Waals surface area contributed by atoms with E-state index >= 15 is 0 Å². The third-order valence-electron chi connectivity index (χ3n) is 4.27. The Morgan fingerprint density at radius 2 is 2.17 bits per heavy atom. The van der Waals surface area contributed by atoms with Gasteiger partial charge in [-0.05, 0) is 69.0 Å². The minimum atomic E-state index is 0.702. The highest BCUT2D eigenvalue weighted by Crippen LogP contribution is 2.31. The summed E-state index contributed by atoms with van der Waals surface area (Å²) in [5.41, 5.74) is 6.14. The maximum absolute atomic E-state index is 2.38. The minimum Gasteiger partial charge on any atom is -0.306 e. The molecule has 98 valence electrons. The van der Waals surface area contributed by atoms with E-state index in [0.717, 1.165) is 6.42 Å². The topological polar surface area (TPSA) is 3.24 Å². The van der Waals surface area contributed by atoms with Crippen molar-refractivity contribution in [3.05, 3.63) is 41.0 Å². The van der Waals surface area contributed by atoms with E-state index in [1.807, 2.05) is 0 Å². The zero-order valence-electron chi connectivity index (χ0n) is 12.2. The molecule has 18 heavy (non-hydrogen) atoms. The van der Waals surface area contributed by atoms with Gasteiger partial charge in [-0.3, -0.25) is 0 Å². The van der Waals surface area contributed by atoms with Crippen LogP contribution in [-0.2, 0) is 12.8 Å². The van der Waals surface area contributed by atoms with E-state index in [-0.39, 0.29) is 0 Å². The van der Waals surface area contributed by atoms with Crippen molar-refractivity contribution in [1.29, 1.82) is 0 Å². The van der Waals surface area contributed by atoms with E-state index in [0.29, 0.717) is 6.04 Å². The van der Waals surface area contributed by atoms with Crippen molar-refractivity contribution in [2.24, 2.45) is 0 Å².